The molecule has 1 unspecified atom stereocenters. The zero-order chi connectivity index (χ0) is 9.80. The van der Waals surface area contributed by atoms with Crippen LogP contribution in [0.25, 0.3) is 0 Å². The molecule has 6 heteroatoms. The Kier molecular flexibility index (Phi) is 3.28. The molecule has 1 aromatic heterocycles. The number of nitrogens with two attached hydrogens (primary N) is 1. The fourth-order valence-corrected chi connectivity index (χ4v) is 1.79. The number of rotatable bonds is 4. The summed E-state index contributed by atoms with van der Waals surface area (Å²) in [5.41, 5.74) is 6.37. The highest BCUT2D eigenvalue weighted by Crippen LogP contribution is 2.16. The topological polar surface area (TPSA) is 70.3 Å². The quantitative estimate of drug-likeness (QED) is 0.799. The van der Waals surface area contributed by atoms with Crippen molar-refractivity contribution in [3.8, 4) is 0 Å². The average Bonchev–Trinajstić information content (AvgIpc) is 2.78. The predicted molar refractivity (Wildman–Crippen MR) is 52.9 cm³/mol. The molecule has 0 aromatic carbocycles. The molecular formula is C8H13N3O2S. The first kappa shape index (κ1) is 9.82. The van der Waals surface area contributed by atoms with E-state index in [2.05, 4.69) is 9.59 Å². The lowest BCUT2D eigenvalue weighted by atomic mass is 10.1. The molecule has 1 atom stereocenters. The van der Waals surface area contributed by atoms with Crippen LogP contribution in [0, 0.1) is 5.92 Å². The zero-order valence-corrected chi connectivity index (χ0v) is 8.63. The summed E-state index contributed by atoms with van der Waals surface area (Å²) in [6.07, 6.45) is 1.09. The average molecular weight is 215 g/mol. The third-order valence-electron chi connectivity index (χ3n) is 2.20. The van der Waals surface area contributed by atoms with Crippen LogP contribution in [0.2, 0.25) is 0 Å². The Morgan fingerprint density at radius 1 is 1.64 bits per heavy atom. The van der Waals surface area contributed by atoms with E-state index in [1.165, 1.54) is 11.5 Å². The lowest BCUT2D eigenvalue weighted by molar-refractivity contribution is 0.0776. The SMILES string of the molecule is Nc1snnc1COCC1CCOC1. The van der Waals surface area contributed by atoms with Crippen LogP contribution in [0.3, 0.4) is 0 Å². The molecule has 0 radical (unpaired) electrons. The Morgan fingerprint density at radius 3 is 3.21 bits per heavy atom. The van der Waals surface area contributed by atoms with E-state index in [1.807, 2.05) is 0 Å². The van der Waals surface area contributed by atoms with Crippen LogP contribution in [0.4, 0.5) is 5.00 Å². The molecule has 78 valence electrons. The van der Waals surface area contributed by atoms with Crippen molar-refractivity contribution in [3.05, 3.63) is 5.69 Å². The molecule has 5 nitrogen and oxygen atoms in total. The van der Waals surface area contributed by atoms with Crippen LogP contribution in [0.1, 0.15) is 12.1 Å². The van der Waals surface area contributed by atoms with Gasteiger partial charge in [-0.1, -0.05) is 4.49 Å². The monoisotopic (exact) mass is 215 g/mol. The van der Waals surface area contributed by atoms with Gasteiger partial charge in [-0.25, -0.2) is 0 Å². The second-order valence-electron chi connectivity index (χ2n) is 3.33. The molecule has 2 rings (SSSR count). The molecule has 0 spiro atoms. The summed E-state index contributed by atoms with van der Waals surface area (Å²) in [4.78, 5) is 0. The molecule has 2 heterocycles. The zero-order valence-electron chi connectivity index (χ0n) is 7.81. The highest BCUT2D eigenvalue weighted by Gasteiger charge is 2.16. The van der Waals surface area contributed by atoms with E-state index in [1.54, 1.807) is 0 Å². The molecule has 1 fully saturated rings. The van der Waals surface area contributed by atoms with Gasteiger partial charge in [0.05, 0.1) is 19.8 Å². The van der Waals surface area contributed by atoms with Gasteiger partial charge in [0.15, 0.2) is 0 Å². The number of hydrogen-bond acceptors (Lipinski definition) is 6. The van der Waals surface area contributed by atoms with E-state index in [0.29, 0.717) is 17.5 Å². The summed E-state index contributed by atoms with van der Waals surface area (Å²) >= 11 is 1.20. The number of aromatic nitrogens is 2. The van der Waals surface area contributed by atoms with Gasteiger partial charge >= 0.3 is 0 Å². The van der Waals surface area contributed by atoms with Crippen LogP contribution >= 0.6 is 11.5 Å². The van der Waals surface area contributed by atoms with Gasteiger partial charge in [0.2, 0.25) is 0 Å². The minimum absolute atomic E-state index is 0.457. The third-order valence-corrected chi connectivity index (χ3v) is 2.80. The largest absolute Gasteiger partial charge is 0.388 e. The van der Waals surface area contributed by atoms with E-state index in [0.717, 1.165) is 31.9 Å². The third kappa shape index (κ3) is 2.40. The second kappa shape index (κ2) is 4.68. The minimum atomic E-state index is 0.457. The number of nitrogens with zero attached hydrogens (tertiary/aromatic N) is 2. The van der Waals surface area contributed by atoms with E-state index in [4.69, 9.17) is 15.2 Å². The van der Waals surface area contributed by atoms with Crippen molar-refractivity contribution in [1.82, 2.24) is 9.59 Å². The lowest BCUT2D eigenvalue weighted by Crippen LogP contribution is -2.09. The Bertz CT molecular complexity index is 286. The molecule has 0 bridgehead atoms. The molecular weight excluding hydrogens is 202 g/mol. The first-order chi connectivity index (χ1) is 6.86. The highest BCUT2D eigenvalue weighted by atomic mass is 32.1. The lowest BCUT2D eigenvalue weighted by Gasteiger charge is -2.06. The first-order valence-corrected chi connectivity index (χ1v) is 5.36. The van der Waals surface area contributed by atoms with Crippen molar-refractivity contribution in [2.45, 2.75) is 13.0 Å². The summed E-state index contributed by atoms with van der Waals surface area (Å²) in [5, 5.41) is 4.51. The van der Waals surface area contributed by atoms with Gasteiger partial charge in [-0.05, 0) is 6.42 Å². The number of ether oxygens (including phenoxy) is 2. The van der Waals surface area contributed by atoms with Crippen molar-refractivity contribution in [3.63, 3.8) is 0 Å². The summed E-state index contributed by atoms with van der Waals surface area (Å²) in [6, 6.07) is 0. The Hall–Kier alpha value is -0.720. The van der Waals surface area contributed by atoms with E-state index in [-0.39, 0.29) is 0 Å². The maximum Gasteiger partial charge on any atom is 0.133 e. The van der Waals surface area contributed by atoms with Crippen LogP contribution in [0.15, 0.2) is 0 Å². The summed E-state index contributed by atoms with van der Waals surface area (Å²) < 4.78 is 14.5. The van der Waals surface area contributed by atoms with Crippen molar-refractivity contribution in [2.75, 3.05) is 25.6 Å². The van der Waals surface area contributed by atoms with E-state index >= 15 is 0 Å². The van der Waals surface area contributed by atoms with Crippen molar-refractivity contribution < 1.29 is 9.47 Å². The van der Waals surface area contributed by atoms with Crippen LogP contribution in [-0.4, -0.2) is 29.4 Å². The number of anilines is 1. The molecule has 14 heavy (non-hydrogen) atoms. The molecule has 1 aromatic rings. The Labute approximate surface area is 86.4 Å². The standard InChI is InChI=1S/C8H13N3O2S/c9-8-7(10-11-14-8)5-13-4-6-1-2-12-3-6/h6H,1-5,9H2. The number of hydrogen-bond donors (Lipinski definition) is 1. The van der Waals surface area contributed by atoms with Crippen molar-refractivity contribution >= 4 is 16.5 Å². The smallest absolute Gasteiger partial charge is 0.133 e. The molecule has 0 aliphatic carbocycles. The molecule has 0 saturated carbocycles. The van der Waals surface area contributed by atoms with E-state index in [9.17, 15) is 0 Å². The summed E-state index contributed by atoms with van der Waals surface area (Å²) in [6.45, 7) is 2.84. The minimum Gasteiger partial charge on any atom is -0.388 e. The van der Waals surface area contributed by atoms with Gasteiger partial charge in [0, 0.05) is 24.1 Å². The summed E-state index contributed by atoms with van der Waals surface area (Å²) in [5.74, 6) is 0.530. The van der Waals surface area contributed by atoms with Gasteiger partial charge in [0.25, 0.3) is 0 Å². The number of nitrogen functional groups attached to an aromatic ring is 1. The Balaban J connectivity index is 1.70. The second-order valence-corrected chi connectivity index (χ2v) is 4.11. The maximum atomic E-state index is 5.62. The van der Waals surface area contributed by atoms with Crippen LogP contribution in [-0.2, 0) is 16.1 Å². The normalized spacial score (nSPS) is 21.6. The van der Waals surface area contributed by atoms with Gasteiger partial charge in [0.1, 0.15) is 10.7 Å². The van der Waals surface area contributed by atoms with Gasteiger partial charge in [-0.2, -0.15) is 0 Å². The predicted octanol–water partition coefficient (Wildman–Crippen LogP) is 0.673. The molecule has 2 N–H and O–H groups in total. The maximum absolute atomic E-state index is 5.62. The van der Waals surface area contributed by atoms with Gasteiger partial charge in [-0.3, -0.25) is 0 Å². The van der Waals surface area contributed by atoms with Crippen LogP contribution < -0.4 is 5.73 Å². The molecule has 1 aliphatic heterocycles. The summed E-state index contributed by atoms with van der Waals surface area (Å²) in [7, 11) is 0. The first-order valence-electron chi connectivity index (χ1n) is 4.58. The van der Waals surface area contributed by atoms with Gasteiger partial charge < -0.3 is 15.2 Å². The molecule has 1 saturated heterocycles. The fraction of sp³-hybridized carbons (Fsp3) is 0.750. The van der Waals surface area contributed by atoms with E-state index < -0.39 is 0 Å². The van der Waals surface area contributed by atoms with Crippen LogP contribution in [0.5, 0.6) is 0 Å². The highest BCUT2D eigenvalue weighted by molar-refractivity contribution is 7.09. The van der Waals surface area contributed by atoms with Gasteiger partial charge in [-0.15, -0.1) is 5.10 Å². The molecule has 0 amide bonds. The Morgan fingerprint density at radius 2 is 2.57 bits per heavy atom. The van der Waals surface area contributed by atoms with Crippen molar-refractivity contribution in [1.29, 1.82) is 0 Å². The molecule has 1 aliphatic rings. The fourth-order valence-electron chi connectivity index (χ4n) is 1.35. The van der Waals surface area contributed by atoms with Crippen molar-refractivity contribution in [2.24, 2.45) is 5.92 Å².